The second-order valence-corrected chi connectivity index (χ2v) is 8.02. The number of aromatic amines is 1. The van der Waals surface area contributed by atoms with Crippen molar-refractivity contribution in [2.24, 2.45) is 0 Å². The summed E-state index contributed by atoms with van der Waals surface area (Å²) in [4.78, 5) is 23.4. The summed E-state index contributed by atoms with van der Waals surface area (Å²) < 4.78 is 38.7. The zero-order chi connectivity index (χ0) is 24.4. The van der Waals surface area contributed by atoms with Gasteiger partial charge in [-0.3, -0.25) is 9.89 Å². The number of rotatable bonds is 7. The minimum absolute atomic E-state index is 0.0790. The van der Waals surface area contributed by atoms with E-state index < -0.39 is 17.6 Å². The summed E-state index contributed by atoms with van der Waals surface area (Å²) in [5.74, 6) is 1.36. The van der Waals surface area contributed by atoms with Crippen LogP contribution in [0.4, 0.5) is 42.1 Å². The number of nitrogens with one attached hydrogen (secondary N) is 3. The molecule has 3 N–H and O–H groups in total. The van der Waals surface area contributed by atoms with Crippen molar-refractivity contribution in [1.29, 1.82) is 0 Å². The van der Waals surface area contributed by atoms with Crippen LogP contribution in [0.1, 0.15) is 28.8 Å². The average molecular weight is 479 g/mol. The Morgan fingerprint density at radius 2 is 1.77 bits per heavy atom. The van der Waals surface area contributed by atoms with Crippen LogP contribution >= 0.6 is 0 Å². The lowest BCUT2D eigenvalue weighted by Gasteiger charge is -2.21. The van der Waals surface area contributed by atoms with Crippen molar-refractivity contribution in [1.82, 2.24) is 20.2 Å². The fourth-order valence-electron chi connectivity index (χ4n) is 3.57. The van der Waals surface area contributed by atoms with Crippen LogP contribution in [-0.4, -0.2) is 32.1 Å². The van der Waals surface area contributed by atoms with Crippen LogP contribution in [0.5, 0.6) is 0 Å². The number of carbonyl (C=O) groups is 1. The van der Waals surface area contributed by atoms with Crippen molar-refractivity contribution >= 4 is 34.9 Å². The lowest BCUT2D eigenvalue weighted by molar-refractivity contribution is -0.137. The molecular formula is C24H20F3N7O. The molecule has 0 radical (unpaired) electrons. The van der Waals surface area contributed by atoms with Crippen molar-refractivity contribution in [3.63, 3.8) is 0 Å². The third-order valence-electron chi connectivity index (χ3n) is 5.40. The smallest absolute Gasteiger partial charge is 0.324 e. The number of benzene rings is 2. The molecule has 1 saturated carbocycles. The Kier molecular flexibility index (Phi) is 5.81. The van der Waals surface area contributed by atoms with E-state index in [1.54, 1.807) is 36.7 Å². The molecule has 0 bridgehead atoms. The summed E-state index contributed by atoms with van der Waals surface area (Å²) in [6.45, 7) is 0. The Labute approximate surface area is 198 Å². The normalized spacial score (nSPS) is 13.3. The molecule has 11 heteroatoms. The SMILES string of the molecule is O=C(Nc1ccc(Nc2nccc(N(c3ccn[nH]3)C3CC3)n2)cc1)c1cccc(C(F)(F)F)c1. The molecule has 5 rings (SSSR count). The van der Waals surface area contributed by atoms with Gasteiger partial charge in [-0.2, -0.15) is 23.3 Å². The predicted molar refractivity (Wildman–Crippen MR) is 125 cm³/mol. The topological polar surface area (TPSA) is 98.8 Å². The van der Waals surface area contributed by atoms with Gasteiger partial charge in [0.1, 0.15) is 11.6 Å². The number of halogens is 3. The summed E-state index contributed by atoms with van der Waals surface area (Å²) in [6.07, 6.45) is 0.981. The van der Waals surface area contributed by atoms with E-state index >= 15 is 0 Å². The van der Waals surface area contributed by atoms with Crippen LogP contribution in [0, 0.1) is 0 Å². The molecule has 0 aliphatic heterocycles. The number of amides is 1. The third-order valence-corrected chi connectivity index (χ3v) is 5.40. The summed E-state index contributed by atoms with van der Waals surface area (Å²) in [6, 6.07) is 15.1. The number of aromatic nitrogens is 4. The third kappa shape index (κ3) is 5.24. The number of anilines is 5. The first kappa shape index (κ1) is 22.4. The Hall–Kier alpha value is -4.41. The average Bonchev–Trinajstić information content (AvgIpc) is 3.53. The molecule has 0 atom stereocenters. The standard InChI is InChI=1S/C24H20F3N7O/c25-24(26,27)16-3-1-2-15(14-16)22(35)30-17-4-6-18(7-5-17)31-23-28-12-10-20(32-23)34(19-8-9-19)21-11-13-29-33-21/h1-7,10-14,19H,8-9H2,(H,29,33)(H,30,35)(H,28,31,32). The molecule has 1 aliphatic rings. The summed E-state index contributed by atoms with van der Waals surface area (Å²) >= 11 is 0. The van der Waals surface area contributed by atoms with Crippen LogP contribution in [0.25, 0.3) is 0 Å². The molecule has 1 aliphatic carbocycles. The Morgan fingerprint density at radius 3 is 2.46 bits per heavy atom. The molecule has 1 amide bonds. The van der Waals surface area contributed by atoms with Crippen LogP contribution in [0.15, 0.2) is 73.1 Å². The first-order valence-electron chi connectivity index (χ1n) is 10.8. The lowest BCUT2D eigenvalue weighted by Crippen LogP contribution is -2.21. The van der Waals surface area contributed by atoms with Crippen molar-refractivity contribution in [3.05, 3.63) is 84.2 Å². The second kappa shape index (κ2) is 9.09. The van der Waals surface area contributed by atoms with Crippen LogP contribution in [-0.2, 0) is 6.18 Å². The molecule has 178 valence electrons. The van der Waals surface area contributed by atoms with Gasteiger partial charge >= 0.3 is 6.18 Å². The number of H-pyrrole nitrogens is 1. The van der Waals surface area contributed by atoms with Gasteiger partial charge in [0.2, 0.25) is 5.95 Å². The molecule has 0 spiro atoms. The Morgan fingerprint density at radius 1 is 1.00 bits per heavy atom. The molecule has 2 heterocycles. The van der Waals surface area contributed by atoms with Gasteiger partial charge in [0, 0.05) is 35.2 Å². The Balaban J connectivity index is 1.26. The number of nitrogens with zero attached hydrogens (tertiary/aromatic N) is 4. The van der Waals surface area contributed by atoms with Crippen LogP contribution < -0.4 is 15.5 Å². The van der Waals surface area contributed by atoms with E-state index in [-0.39, 0.29) is 5.56 Å². The maximum Gasteiger partial charge on any atom is 0.416 e. The zero-order valence-corrected chi connectivity index (χ0v) is 18.3. The Bertz CT molecular complexity index is 1320. The van der Waals surface area contributed by atoms with Crippen molar-refractivity contribution in [2.75, 3.05) is 15.5 Å². The largest absolute Gasteiger partial charge is 0.416 e. The molecule has 1 fully saturated rings. The van der Waals surface area contributed by atoms with Gasteiger partial charge in [0.25, 0.3) is 5.91 Å². The van der Waals surface area contributed by atoms with Crippen molar-refractivity contribution in [3.8, 4) is 0 Å². The minimum Gasteiger partial charge on any atom is -0.324 e. The minimum atomic E-state index is -4.52. The highest BCUT2D eigenvalue weighted by Gasteiger charge is 2.32. The van der Waals surface area contributed by atoms with E-state index in [0.29, 0.717) is 23.4 Å². The van der Waals surface area contributed by atoms with E-state index in [4.69, 9.17) is 0 Å². The highest BCUT2D eigenvalue weighted by Crippen LogP contribution is 2.36. The van der Waals surface area contributed by atoms with E-state index in [1.807, 2.05) is 12.1 Å². The summed E-state index contributed by atoms with van der Waals surface area (Å²) in [7, 11) is 0. The van der Waals surface area contributed by atoms with Gasteiger partial charge in [-0.05, 0) is 61.4 Å². The van der Waals surface area contributed by atoms with Crippen molar-refractivity contribution < 1.29 is 18.0 Å². The molecule has 0 unspecified atom stereocenters. The van der Waals surface area contributed by atoms with Gasteiger partial charge in [0.15, 0.2) is 0 Å². The highest BCUT2D eigenvalue weighted by molar-refractivity contribution is 6.04. The molecule has 0 saturated heterocycles. The zero-order valence-electron chi connectivity index (χ0n) is 18.3. The van der Waals surface area contributed by atoms with Crippen LogP contribution in [0.3, 0.4) is 0 Å². The lowest BCUT2D eigenvalue weighted by atomic mass is 10.1. The summed E-state index contributed by atoms with van der Waals surface area (Å²) in [5.41, 5.74) is 0.162. The molecular weight excluding hydrogens is 459 g/mol. The van der Waals surface area contributed by atoms with E-state index in [0.717, 1.165) is 36.6 Å². The van der Waals surface area contributed by atoms with Gasteiger partial charge < -0.3 is 15.5 Å². The second-order valence-electron chi connectivity index (χ2n) is 8.02. The monoisotopic (exact) mass is 479 g/mol. The fraction of sp³-hybridized carbons (Fsp3) is 0.167. The number of carbonyl (C=O) groups excluding carboxylic acids is 1. The maximum absolute atomic E-state index is 12.9. The first-order valence-corrected chi connectivity index (χ1v) is 10.8. The predicted octanol–water partition coefficient (Wildman–Crippen LogP) is 5.51. The van der Waals surface area contributed by atoms with Gasteiger partial charge in [-0.15, -0.1) is 0 Å². The molecule has 35 heavy (non-hydrogen) atoms. The van der Waals surface area contributed by atoms with Gasteiger partial charge in [-0.25, -0.2) is 4.98 Å². The van der Waals surface area contributed by atoms with Crippen LogP contribution in [0.2, 0.25) is 0 Å². The number of alkyl halides is 3. The van der Waals surface area contributed by atoms with Gasteiger partial charge in [0.05, 0.1) is 11.8 Å². The molecule has 2 aromatic carbocycles. The van der Waals surface area contributed by atoms with E-state index in [1.165, 1.54) is 12.1 Å². The van der Waals surface area contributed by atoms with Crippen molar-refractivity contribution in [2.45, 2.75) is 25.1 Å². The highest BCUT2D eigenvalue weighted by atomic mass is 19.4. The molecule has 8 nitrogen and oxygen atoms in total. The first-order chi connectivity index (χ1) is 16.9. The summed E-state index contributed by atoms with van der Waals surface area (Å²) in [5, 5.41) is 12.7. The van der Waals surface area contributed by atoms with E-state index in [2.05, 4.69) is 35.7 Å². The maximum atomic E-state index is 12.9. The van der Waals surface area contributed by atoms with E-state index in [9.17, 15) is 18.0 Å². The van der Waals surface area contributed by atoms with Gasteiger partial charge in [-0.1, -0.05) is 6.07 Å². The quantitative estimate of drug-likeness (QED) is 0.323. The molecule has 4 aromatic rings. The number of hydrogen-bond donors (Lipinski definition) is 3. The number of hydrogen-bond acceptors (Lipinski definition) is 6. The molecule has 2 aromatic heterocycles. The fourth-order valence-corrected chi connectivity index (χ4v) is 3.57.